The lowest BCUT2D eigenvalue weighted by atomic mass is 10.1. The van der Waals surface area contributed by atoms with Crippen LogP contribution in [0.3, 0.4) is 0 Å². The monoisotopic (exact) mass is 1330 g/mol. The first-order valence-corrected chi connectivity index (χ1v) is 34.0. The number of benzene rings is 5. The van der Waals surface area contributed by atoms with Gasteiger partial charge in [0.1, 0.15) is 60.4 Å². The van der Waals surface area contributed by atoms with Crippen LogP contribution in [-0.2, 0) is 60.7 Å². The van der Waals surface area contributed by atoms with Crippen LogP contribution in [0.15, 0.2) is 110 Å². The molecule has 0 atom stereocenters. The second-order valence-electron chi connectivity index (χ2n) is 17.4. The van der Waals surface area contributed by atoms with Crippen LogP contribution >= 0.6 is 34.7 Å². The zero-order chi connectivity index (χ0) is 61.8. The van der Waals surface area contributed by atoms with Crippen molar-refractivity contribution < 1.29 is 92.4 Å². The van der Waals surface area contributed by atoms with Gasteiger partial charge in [0.2, 0.25) is 11.0 Å². The molecular formula is C44H37ClN10O21S8. The Morgan fingerprint density at radius 2 is 1.31 bits per heavy atom. The van der Waals surface area contributed by atoms with Crippen molar-refractivity contribution in [1.82, 2.24) is 14.4 Å². The quantitative estimate of drug-likeness (QED) is 0.0152. The Morgan fingerprint density at radius 1 is 0.690 bits per heavy atom. The van der Waals surface area contributed by atoms with Crippen LogP contribution in [-0.4, -0.2) is 128 Å². The van der Waals surface area contributed by atoms with E-state index in [1.54, 1.807) is 0 Å². The summed E-state index contributed by atoms with van der Waals surface area (Å²) in [7, 11) is -28.5. The highest BCUT2D eigenvalue weighted by Gasteiger charge is 2.30. The topological polar surface area (TPSA) is 493 Å². The van der Waals surface area contributed by atoms with Crippen molar-refractivity contribution in [3.63, 3.8) is 0 Å². The Kier molecular flexibility index (Phi) is 17.6. The summed E-state index contributed by atoms with van der Waals surface area (Å²) in [4.78, 5) is 4.58. The average molecular weight is 1330 g/mol. The number of hydrogen-bond donors (Lipinski definition) is 7. The van der Waals surface area contributed by atoms with Crippen LogP contribution in [0.1, 0.15) is 29.5 Å². The molecule has 8 rings (SSSR count). The third kappa shape index (κ3) is 13.7. The molecule has 5 aromatic carbocycles. The first-order valence-electron chi connectivity index (χ1n) is 22.8. The van der Waals surface area contributed by atoms with Crippen molar-refractivity contribution in [3.05, 3.63) is 76.3 Å². The summed E-state index contributed by atoms with van der Waals surface area (Å²) in [6.07, 6.45) is -0.361. The summed E-state index contributed by atoms with van der Waals surface area (Å²) >= 11 is 7.67. The summed E-state index contributed by atoms with van der Waals surface area (Å²) in [5.41, 5.74) is -1.74. The summed E-state index contributed by atoms with van der Waals surface area (Å²) in [5.74, 6) is -2.40. The number of methoxy groups -OCH3 is 1. The van der Waals surface area contributed by atoms with Gasteiger partial charge in [0.05, 0.1) is 56.6 Å². The second-order valence-corrected chi connectivity index (χ2v) is 28.7. The fourth-order valence-electron chi connectivity index (χ4n) is 8.04. The van der Waals surface area contributed by atoms with Crippen LogP contribution in [0.2, 0.25) is 5.02 Å². The van der Waals surface area contributed by atoms with Crippen molar-refractivity contribution in [2.45, 2.75) is 51.2 Å². The number of aryl methyl sites for hydroxylation is 1. The zero-order valence-corrected chi connectivity index (χ0v) is 49.7. The number of nitrogens with zero attached hydrogens (tertiary/aromatic N) is 10. The van der Waals surface area contributed by atoms with Gasteiger partial charge in [-0.3, -0.25) is 31.7 Å². The standard InChI is InChI=1S/C44H37ClN10O21S8/c1-20-12-29(50-53-37-21(2)25(19-46)42-47-27-7-6-26(45)41(84(72,73)74)39(27)55(42)43(37)56)33(76-8-4-10-79(57,58)59)16-28(20)49-52-31-17-32(75-3)30(18-34(31)77-9-5-11-80(60,61)62)51-54-44-48-38-36(83(69,70)71)15-23-24(40(38)78-44)13-22(81(63,64)65)14-35(23)82(66,67)68/h6-7,12-18,56H,4-5,8-11H2,1-3H3,(H,57,58,59)(H,60,61,62)(H,63,64,65)(H,66,67,68)(H,69,70,71)(H,72,73,74). The predicted molar refractivity (Wildman–Crippen MR) is 300 cm³/mol. The molecule has 0 aliphatic carbocycles. The number of nitriles is 1. The third-order valence-electron chi connectivity index (χ3n) is 11.7. The molecule has 0 saturated heterocycles. The highest BCUT2D eigenvalue weighted by atomic mass is 35.5. The van der Waals surface area contributed by atoms with Gasteiger partial charge in [-0.15, -0.1) is 37.3 Å². The maximum atomic E-state index is 12.6. The molecule has 8 aromatic rings. The Bertz CT molecular complexity index is 4970. The van der Waals surface area contributed by atoms with E-state index in [-0.39, 0.29) is 96.7 Å². The third-order valence-corrected chi connectivity index (χ3v) is 19.4. The number of thioether (sulfide) groups is 1. The molecule has 0 saturated carbocycles. The van der Waals surface area contributed by atoms with Crippen molar-refractivity contribution >= 4 is 167 Å². The molecule has 0 amide bonds. The van der Waals surface area contributed by atoms with E-state index in [1.807, 2.05) is 6.07 Å². The molecule has 31 nitrogen and oxygen atoms in total. The van der Waals surface area contributed by atoms with Crippen molar-refractivity contribution in [1.29, 1.82) is 5.26 Å². The lowest BCUT2D eigenvalue weighted by molar-refractivity contribution is 0.317. The largest absolute Gasteiger partial charge is 0.494 e. The van der Waals surface area contributed by atoms with Crippen molar-refractivity contribution in [2.24, 2.45) is 30.7 Å². The summed E-state index contributed by atoms with van der Waals surface area (Å²) in [5, 5.41) is 45.5. The molecule has 444 valence electrons. The minimum Gasteiger partial charge on any atom is -0.494 e. The van der Waals surface area contributed by atoms with Gasteiger partial charge in [0.15, 0.2) is 11.3 Å². The maximum absolute atomic E-state index is 12.6. The SMILES string of the molecule is COc1cc(N=Nc2cc(OCCCS(=O)(=O)O)c(N=Nc3c(C)c(C#N)c4nc5ccc(Cl)c(S(=O)(=O)O)c5n4c3O)cc2C)c(SCCCS(=O)(=O)O)cc1N=Nc1nc2c(S(=O)(=O)O)cc3c(S(=O)(=O)O)cc(S(=O)(=O)O)cc3c2s1. The molecule has 0 aliphatic rings. The van der Waals surface area contributed by atoms with E-state index in [9.17, 15) is 88.2 Å². The normalized spacial score (nSPS) is 13.2. The van der Waals surface area contributed by atoms with E-state index < -0.39 is 130 Å². The van der Waals surface area contributed by atoms with E-state index in [0.29, 0.717) is 29.0 Å². The number of halogens is 1. The van der Waals surface area contributed by atoms with E-state index in [2.05, 4.69) is 40.7 Å². The number of ether oxygens (including phenoxy) is 2. The van der Waals surface area contributed by atoms with Gasteiger partial charge < -0.3 is 14.6 Å². The molecule has 3 aromatic heterocycles. The minimum atomic E-state index is -5.33. The fraction of sp³-hybridized carbons (Fsp3) is 0.205. The number of fused-ring (bicyclic) bond motifs is 6. The summed E-state index contributed by atoms with van der Waals surface area (Å²) in [6, 6.07) is 11.4. The number of thiazole rings is 1. The predicted octanol–water partition coefficient (Wildman–Crippen LogP) is 9.37. The fourth-order valence-corrected chi connectivity index (χ4v) is 14.3. The zero-order valence-electron chi connectivity index (χ0n) is 42.4. The summed E-state index contributed by atoms with van der Waals surface area (Å²) < 4.78 is 217. The van der Waals surface area contributed by atoms with Gasteiger partial charge in [-0.1, -0.05) is 22.9 Å². The first kappa shape index (κ1) is 63.0. The van der Waals surface area contributed by atoms with Crippen LogP contribution < -0.4 is 9.47 Å². The van der Waals surface area contributed by atoms with Gasteiger partial charge in [0.25, 0.3) is 60.7 Å². The van der Waals surface area contributed by atoms with Gasteiger partial charge in [-0.2, -0.15) is 60.9 Å². The van der Waals surface area contributed by atoms with Gasteiger partial charge in [-0.05, 0) is 80.5 Å². The number of rotatable bonds is 21. The molecular weight excluding hydrogens is 1300 g/mol. The number of aromatic nitrogens is 3. The smallest absolute Gasteiger partial charge is 0.298 e. The van der Waals surface area contributed by atoms with Gasteiger partial charge in [-0.25, -0.2) is 9.97 Å². The van der Waals surface area contributed by atoms with Crippen LogP contribution in [0.5, 0.6) is 17.4 Å². The Hall–Kier alpha value is -7.01. The Labute approximate surface area is 487 Å². The Balaban J connectivity index is 1.22. The van der Waals surface area contributed by atoms with Crippen LogP contribution in [0, 0.1) is 25.2 Å². The van der Waals surface area contributed by atoms with Gasteiger partial charge in [0, 0.05) is 33.4 Å². The van der Waals surface area contributed by atoms with E-state index >= 15 is 0 Å². The number of azo groups is 3. The first-order chi connectivity index (χ1) is 39.0. The number of hydrogen-bond acceptors (Lipinski definition) is 26. The Morgan fingerprint density at radius 3 is 1.93 bits per heavy atom. The van der Waals surface area contributed by atoms with Crippen LogP contribution in [0.4, 0.5) is 33.6 Å². The van der Waals surface area contributed by atoms with Crippen molar-refractivity contribution in [3.8, 4) is 23.4 Å². The molecule has 0 aliphatic heterocycles. The summed E-state index contributed by atoms with van der Waals surface area (Å²) in [6.45, 7) is 2.55. The van der Waals surface area contributed by atoms with E-state index in [4.69, 9.17) is 21.1 Å². The molecule has 3 heterocycles. The lowest BCUT2D eigenvalue weighted by Gasteiger charge is -2.12. The van der Waals surface area contributed by atoms with E-state index in [0.717, 1.165) is 28.3 Å². The second kappa shape index (κ2) is 23.5. The van der Waals surface area contributed by atoms with Gasteiger partial charge >= 0.3 is 0 Å². The number of pyridine rings is 1. The van der Waals surface area contributed by atoms with E-state index in [1.165, 1.54) is 51.3 Å². The maximum Gasteiger partial charge on any atom is 0.298 e. The molecule has 40 heteroatoms. The lowest BCUT2D eigenvalue weighted by Crippen LogP contribution is -2.08. The molecule has 0 unspecified atom stereocenters. The molecule has 7 N–H and O–H groups in total. The average Bonchev–Trinajstić information content (AvgIpc) is 1.56. The number of imidazole rings is 1. The van der Waals surface area contributed by atoms with Crippen molar-refractivity contribution in [2.75, 3.05) is 31.0 Å². The highest BCUT2D eigenvalue weighted by Crippen LogP contribution is 2.47. The molecule has 84 heavy (non-hydrogen) atoms. The molecule has 0 spiro atoms. The minimum absolute atomic E-state index is 0.00597. The molecule has 0 fully saturated rings. The highest BCUT2D eigenvalue weighted by molar-refractivity contribution is 7.99. The number of aromatic hydroxyl groups is 1. The van der Waals surface area contributed by atoms with Crippen LogP contribution in [0.25, 0.3) is 37.7 Å². The molecule has 0 bridgehead atoms. The molecule has 0 radical (unpaired) electrons.